The van der Waals surface area contributed by atoms with Crippen molar-refractivity contribution in [3.05, 3.63) is 48.5 Å². The number of pyridine rings is 1. The summed E-state index contributed by atoms with van der Waals surface area (Å²) in [5.74, 6) is 1.04. The van der Waals surface area contributed by atoms with Crippen LogP contribution in [0, 0.1) is 5.95 Å². The molecular weight excluding hydrogens is 233 g/mol. The monoisotopic (exact) mass is 247 g/mol. The third-order valence-electron chi connectivity index (χ3n) is 2.24. The van der Waals surface area contributed by atoms with Crippen molar-refractivity contribution in [3.8, 4) is 17.2 Å². The Morgan fingerprint density at radius 2 is 1.94 bits per heavy atom. The molecule has 0 bridgehead atoms. The molecule has 0 amide bonds. The molecule has 0 radical (unpaired) electrons. The Labute approximate surface area is 105 Å². The van der Waals surface area contributed by atoms with Crippen molar-refractivity contribution < 1.29 is 13.9 Å². The summed E-state index contributed by atoms with van der Waals surface area (Å²) in [4.78, 5) is 3.48. The number of rotatable bonds is 5. The van der Waals surface area contributed by atoms with E-state index < -0.39 is 5.95 Å². The molecule has 1 heterocycles. The smallest absolute Gasteiger partial charge is 0.216 e. The molecule has 0 aliphatic heterocycles. The van der Waals surface area contributed by atoms with E-state index in [-0.39, 0.29) is 0 Å². The second kappa shape index (κ2) is 6.00. The summed E-state index contributed by atoms with van der Waals surface area (Å²) in [6, 6.07) is 10.1. The molecule has 2 rings (SSSR count). The maximum Gasteiger partial charge on any atom is 0.216 e. The first-order valence-electron chi connectivity index (χ1n) is 5.81. The number of para-hydroxylation sites is 2. The zero-order valence-electron chi connectivity index (χ0n) is 10.1. The van der Waals surface area contributed by atoms with Crippen molar-refractivity contribution in [2.24, 2.45) is 0 Å². The van der Waals surface area contributed by atoms with Gasteiger partial charge in [0, 0.05) is 12.3 Å². The van der Waals surface area contributed by atoms with Gasteiger partial charge < -0.3 is 9.47 Å². The van der Waals surface area contributed by atoms with Gasteiger partial charge in [0.1, 0.15) is 5.75 Å². The fraction of sp³-hybridized carbons (Fsp3) is 0.214. The molecule has 4 heteroatoms. The molecule has 0 unspecified atom stereocenters. The van der Waals surface area contributed by atoms with Crippen LogP contribution in [0.15, 0.2) is 42.6 Å². The van der Waals surface area contributed by atoms with Gasteiger partial charge in [0.15, 0.2) is 11.5 Å². The molecule has 18 heavy (non-hydrogen) atoms. The van der Waals surface area contributed by atoms with Gasteiger partial charge >= 0.3 is 0 Å². The van der Waals surface area contributed by atoms with Crippen LogP contribution in [0.25, 0.3) is 0 Å². The van der Waals surface area contributed by atoms with Crippen LogP contribution >= 0.6 is 0 Å². The molecule has 94 valence electrons. The van der Waals surface area contributed by atoms with Crippen LogP contribution in [0.2, 0.25) is 0 Å². The van der Waals surface area contributed by atoms with E-state index in [0.717, 1.165) is 6.42 Å². The van der Waals surface area contributed by atoms with Gasteiger partial charge in [0.05, 0.1) is 6.61 Å². The Hall–Kier alpha value is -2.10. The molecule has 0 saturated heterocycles. The van der Waals surface area contributed by atoms with E-state index in [9.17, 15) is 4.39 Å². The van der Waals surface area contributed by atoms with Crippen LogP contribution in [-0.2, 0) is 0 Å². The second-order valence-corrected chi connectivity index (χ2v) is 3.71. The highest BCUT2D eigenvalue weighted by Crippen LogP contribution is 2.31. The predicted molar refractivity (Wildman–Crippen MR) is 66.5 cm³/mol. The van der Waals surface area contributed by atoms with Gasteiger partial charge in [-0.15, -0.1) is 0 Å². The lowest BCUT2D eigenvalue weighted by Crippen LogP contribution is -1.97. The summed E-state index contributed by atoms with van der Waals surface area (Å²) < 4.78 is 24.1. The largest absolute Gasteiger partial charge is 0.490 e. The van der Waals surface area contributed by atoms with E-state index in [1.165, 1.54) is 12.3 Å². The molecule has 0 saturated carbocycles. The molecule has 1 aromatic heterocycles. The standard InChI is InChI=1S/C14H14FNO2/c1-2-9-17-12-5-3-4-6-13(12)18-11-7-8-16-14(15)10-11/h3-8,10H,2,9H2,1H3. The Morgan fingerprint density at radius 1 is 1.17 bits per heavy atom. The normalized spacial score (nSPS) is 10.1. The van der Waals surface area contributed by atoms with Gasteiger partial charge in [0.2, 0.25) is 5.95 Å². The van der Waals surface area contributed by atoms with Crippen molar-refractivity contribution in [3.63, 3.8) is 0 Å². The minimum Gasteiger partial charge on any atom is -0.490 e. The van der Waals surface area contributed by atoms with E-state index in [0.29, 0.717) is 23.9 Å². The average Bonchev–Trinajstić information content (AvgIpc) is 2.38. The van der Waals surface area contributed by atoms with Gasteiger partial charge in [0.25, 0.3) is 0 Å². The lowest BCUT2D eigenvalue weighted by atomic mass is 10.3. The summed E-state index contributed by atoms with van der Waals surface area (Å²) in [7, 11) is 0. The van der Waals surface area contributed by atoms with Crippen molar-refractivity contribution in [2.45, 2.75) is 13.3 Å². The lowest BCUT2D eigenvalue weighted by Gasteiger charge is -2.11. The van der Waals surface area contributed by atoms with Gasteiger partial charge in [-0.05, 0) is 24.6 Å². The van der Waals surface area contributed by atoms with E-state index in [1.807, 2.05) is 25.1 Å². The molecule has 2 aromatic rings. The summed E-state index contributed by atoms with van der Waals surface area (Å²) in [5, 5.41) is 0. The minimum atomic E-state index is -0.570. The molecule has 3 nitrogen and oxygen atoms in total. The molecule has 0 atom stereocenters. The maximum atomic E-state index is 13.0. The highest BCUT2D eigenvalue weighted by molar-refractivity contribution is 5.42. The van der Waals surface area contributed by atoms with Crippen molar-refractivity contribution in [1.82, 2.24) is 4.98 Å². The third-order valence-corrected chi connectivity index (χ3v) is 2.24. The fourth-order valence-corrected chi connectivity index (χ4v) is 1.44. The number of halogens is 1. The molecular formula is C14H14FNO2. The lowest BCUT2D eigenvalue weighted by molar-refractivity contribution is 0.302. The first-order valence-corrected chi connectivity index (χ1v) is 5.81. The Morgan fingerprint density at radius 3 is 2.67 bits per heavy atom. The molecule has 0 spiro atoms. The summed E-state index contributed by atoms with van der Waals surface area (Å²) in [6.45, 7) is 2.65. The van der Waals surface area contributed by atoms with Crippen LogP contribution in [0.4, 0.5) is 4.39 Å². The van der Waals surface area contributed by atoms with Gasteiger partial charge in [-0.25, -0.2) is 4.98 Å². The highest BCUT2D eigenvalue weighted by Gasteiger charge is 2.06. The molecule has 1 aromatic carbocycles. The third kappa shape index (κ3) is 3.20. The van der Waals surface area contributed by atoms with Gasteiger partial charge in [-0.1, -0.05) is 19.1 Å². The van der Waals surface area contributed by atoms with Crippen LogP contribution < -0.4 is 9.47 Å². The van der Waals surface area contributed by atoms with E-state index in [1.54, 1.807) is 12.1 Å². The van der Waals surface area contributed by atoms with E-state index in [4.69, 9.17) is 9.47 Å². The molecule has 0 aliphatic carbocycles. The Bertz CT molecular complexity index is 517. The van der Waals surface area contributed by atoms with Gasteiger partial charge in [-0.2, -0.15) is 4.39 Å². The highest BCUT2D eigenvalue weighted by atomic mass is 19.1. The molecule has 0 N–H and O–H groups in total. The Balaban J connectivity index is 2.17. The van der Waals surface area contributed by atoms with E-state index >= 15 is 0 Å². The first kappa shape index (κ1) is 12.4. The topological polar surface area (TPSA) is 31.4 Å². The zero-order chi connectivity index (χ0) is 12.8. The van der Waals surface area contributed by atoms with Crippen LogP contribution in [0.1, 0.15) is 13.3 Å². The predicted octanol–water partition coefficient (Wildman–Crippen LogP) is 3.80. The number of nitrogens with zero attached hydrogens (tertiary/aromatic N) is 1. The second-order valence-electron chi connectivity index (χ2n) is 3.71. The van der Waals surface area contributed by atoms with Gasteiger partial charge in [-0.3, -0.25) is 0 Å². The van der Waals surface area contributed by atoms with Crippen LogP contribution in [-0.4, -0.2) is 11.6 Å². The Kier molecular flexibility index (Phi) is 4.12. The number of ether oxygens (including phenoxy) is 2. The summed E-state index contributed by atoms with van der Waals surface area (Å²) >= 11 is 0. The average molecular weight is 247 g/mol. The first-order chi connectivity index (χ1) is 8.79. The minimum absolute atomic E-state index is 0.398. The number of benzene rings is 1. The SMILES string of the molecule is CCCOc1ccccc1Oc1ccnc(F)c1. The van der Waals surface area contributed by atoms with Crippen molar-refractivity contribution in [2.75, 3.05) is 6.61 Å². The van der Waals surface area contributed by atoms with Crippen LogP contribution in [0.5, 0.6) is 17.2 Å². The molecule has 0 aliphatic rings. The number of hydrogen-bond donors (Lipinski definition) is 0. The van der Waals surface area contributed by atoms with Crippen molar-refractivity contribution >= 4 is 0 Å². The maximum absolute atomic E-state index is 13.0. The molecule has 0 fully saturated rings. The number of aromatic nitrogens is 1. The quantitative estimate of drug-likeness (QED) is 0.753. The van der Waals surface area contributed by atoms with Crippen molar-refractivity contribution in [1.29, 1.82) is 0 Å². The van der Waals surface area contributed by atoms with E-state index in [2.05, 4.69) is 4.98 Å². The summed E-state index contributed by atoms with van der Waals surface area (Å²) in [6.07, 6.45) is 2.28. The summed E-state index contributed by atoms with van der Waals surface area (Å²) in [5.41, 5.74) is 0. The fourth-order valence-electron chi connectivity index (χ4n) is 1.44. The number of hydrogen-bond acceptors (Lipinski definition) is 3. The zero-order valence-corrected chi connectivity index (χ0v) is 10.1. The van der Waals surface area contributed by atoms with Crippen LogP contribution in [0.3, 0.4) is 0 Å².